The summed E-state index contributed by atoms with van der Waals surface area (Å²) in [5, 5.41) is 11.1. The minimum absolute atomic E-state index is 0.0224. The molecule has 18 heavy (non-hydrogen) atoms. The molecular formula is C13H16FNO3. The fourth-order valence-corrected chi connectivity index (χ4v) is 1.53. The van der Waals surface area contributed by atoms with Crippen LogP contribution in [0.2, 0.25) is 0 Å². The van der Waals surface area contributed by atoms with E-state index in [-0.39, 0.29) is 18.1 Å². The Balaban J connectivity index is 2.44. The predicted molar refractivity (Wildman–Crippen MR) is 64.7 cm³/mol. The number of amides is 1. The molecule has 1 unspecified atom stereocenters. The van der Waals surface area contributed by atoms with E-state index < -0.39 is 11.9 Å². The number of aliphatic carboxylic acids is 1. The summed E-state index contributed by atoms with van der Waals surface area (Å²) in [7, 11) is 0. The molecule has 0 spiro atoms. The van der Waals surface area contributed by atoms with E-state index in [9.17, 15) is 14.0 Å². The second-order valence-electron chi connectivity index (χ2n) is 4.07. The van der Waals surface area contributed by atoms with E-state index >= 15 is 0 Å². The van der Waals surface area contributed by atoms with E-state index in [2.05, 4.69) is 5.32 Å². The van der Waals surface area contributed by atoms with Gasteiger partial charge in [-0.25, -0.2) is 4.39 Å². The third-order valence-corrected chi connectivity index (χ3v) is 2.61. The lowest BCUT2D eigenvalue weighted by molar-refractivity contribution is -0.137. The quantitative estimate of drug-likeness (QED) is 0.761. The summed E-state index contributed by atoms with van der Waals surface area (Å²) in [4.78, 5) is 22.0. The second-order valence-corrected chi connectivity index (χ2v) is 4.07. The van der Waals surface area contributed by atoms with E-state index in [1.807, 2.05) is 0 Å². The molecular weight excluding hydrogens is 237 g/mol. The molecule has 1 amide bonds. The summed E-state index contributed by atoms with van der Waals surface area (Å²) < 4.78 is 13.0. The second kappa shape index (κ2) is 6.74. The third kappa shape index (κ3) is 4.53. The number of carbonyl (C=O) groups excluding carboxylic acids is 1. The Morgan fingerprint density at radius 1 is 1.44 bits per heavy atom. The Morgan fingerprint density at radius 3 is 2.78 bits per heavy atom. The number of carboxylic acid groups (broad SMARTS) is 1. The number of hydrogen-bond donors (Lipinski definition) is 2. The zero-order chi connectivity index (χ0) is 13.5. The van der Waals surface area contributed by atoms with Crippen molar-refractivity contribution in [2.45, 2.75) is 25.7 Å². The topological polar surface area (TPSA) is 66.4 Å². The van der Waals surface area contributed by atoms with Gasteiger partial charge in [-0.3, -0.25) is 9.59 Å². The van der Waals surface area contributed by atoms with E-state index in [0.717, 1.165) is 0 Å². The highest BCUT2D eigenvalue weighted by molar-refractivity contribution is 5.83. The van der Waals surface area contributed by atoms with Gasteiger partial charge in [0.25, 0.3) is 0 Å². The van der Waals surface area contributed by atoms with Gasteiger partial charge in [0, 0.05) is 13.0 Å². The van der Waals surface area contributed by atoms with Crippen molar-refractivity contribution in [3.8, 4) is 0 Å². The molecule has 1 rings (SSSR count). The summed E-state index contributed by atoms with van der Waals surface area (Å²) in [6, 6.07) is 5.88. The van der Waals surface area contributed by atoms with Crippen molar-refractivity contribution in [3.63, 3.8) is 0 Å². The smallest absolute Gasteiger partial charge is 0.303 e. The first kappa shape index (κ1) is 14.2. The Hall–Kier alpha value is -1.91. The summed E-state index contributed by atoms with van der Waals surface area (Å²) in [6.45, 7) is 1.99. The Labute approximate surface area is 105 Å². The largest absolute Gasteiger partial charge is 0.481 e. The van der Waals surface area contributed by atoms with Gasteiger partial charge in [-0.05, 0) is 31.0 Å². The fraction of sp³-hybridized carbons (Fsp3) is 0.385. The Bertz CT molecular complexity index is 434. The van der Waals surface area contributed by atoms with Gasteiger partial charge in [0.2, 0.25) is 5.91 Å². The molecule has 0 aliphatic heterocycles. The molecule has 1 atom stereocenters. The zero-order valence-electron chi connectivity index (χ0n) is 10.1. The molecule has 2 N–H and O–H groups in total. The number of carboxylic acids is 1. The standard InChI is InChI=1S/C13H16FNO3/c1-9(10-4-2-5-11(14)8-10)13(18)15-7-3-6-12(16)17/h2,4-5,8-9H,3,6-7H2,1H3,(H,15,18)(H,16,17). The van der Waals surface area contributed by atoms with Crippen molar-refractivity contribution in [3.05, 3.63) is 35.6 Å². The maximum Gasteiger partial charge on any atom is 0.303 e. The molecule has 0 fully saturated rings. The van der Waals surface area contributed by atoms with Crippen molar-refractivity contribution in [2.75, 3.05) is 6.54 Å². The number of carbonyl (C=O) groups is 2. The fourth-order valence-electron chi connectivity index (χ4n) is 1.53. The van der Waals surface area contributed by atoms with Crippen LogP contribution in [0.15, 0.2) is 24.3 Å². The average molecular weight is 253 g/mol. The van der Waals surface area contributed by atoms with E-state index in [0.29, 0.717) is 18.5 Å². The monoisotopic (exact) mass is 253 g/mol. The van der Waals surface area contributed by atoms with Crippen LogP contribution in [0, 0.1) is 5.82 Å². The number of rotatable bonds is 6. The Kier molecular flexibility index (Phi) is 5.30. The van der Waals surface area contributed by atoms with Gasteiger partial charge in [0.05, 0.1) is 5.92 Å². The van der Waals surface area contributed by atoms with E-state index in [1.54, 1.807) is 19.1 Å². The van der Waals surface area contributed by atoms with Crippen molar-refractivity contribution in [1.82, 2.24) is 5.32 Å². The highest BCUT2D eigenvalue weighted by Gasteiger charge is 2.15. The SMILES string of the molecule is CC(C(=O)NCCCC(=O)O)c1cccc(F)c1. The predicted octanol–water partition coefficient (Wildman–Crippen LogP) is 1.91. The van der Waals surface area contributed by atoms with Crippen LogP contribution in [0.4, 0.5) is 4.39 Å². The minimum atomic E-state index is -0.887. The first-order valence-electron chi connectivity index (χ1n) is 5.75. The summed E-state index contributed by atoms with van der Waals surface area (Å²) >= 11 is 0. The normalized spacial score (nSPS) is 11.9. The van der Waals surface area contributed by atoms with Crippen LogP contribution in [-0.4, -0.2) is 23.5 Å². The van der Waals surface area contributed by atoms with Crippen molar-refractivity contribution in [2.24, 2.45) is 0 Å². The molecule has 1 aromatic carbocycles. The molecule has 0 aliphatic carbocycles. The highest BCUT2D eigenvalue weighted by atomic mass is 19.1. The van der Waals surface area contributed by atoms with Gasteiger partial charge < -0.3 is 10.4 Å². The lowest BCUT2D eigenvalue weighted by atomic mass is 10.0. The molecule has 0 heterocycles. The molecule has 0 radical (unpaired) electrons. The molecule has 1 aromatic rings. The van der Waals surface area contributed by atoms with Crippen LogP contribution in [0.25, 0.3) is 0 Å². The number of nitrogens with one attached hydrogen (secondary N) is 1. The van der Waals surface area contributed by atoms with E-state index in [1.165, 1.54) is 12.1 Å². The summed E-state index contributed by atoms with van der Waals surface area (Å²) in [5.41, 5.74) is 0.603. The van der Waals surface area contributed by atoms with Gasteiger partial charge >= 0.3 is 5.97 Å². The van der Waals surface area contributed by atoms with Crippen molar-refractivity contribution < 1.29 is 19.1 Å². The molecule has 0 saturated heterocycles. The van der Waals surface area contributed by atoms with Gasteiger partial charge in [-0.1, -0.05) is 12.1 Å². The molecule has 0 saturated carbocycles. The molecule has 0 aliphatic rings. The summed E-state index contributed by atoms with van der Waals surface area (Å²) in [5.74, 6) is -1.95. The number of benzene rings is 1. The van der Waals surface area contributed by atoms with Gasteiger partial charge in [-0.15, -0.1) is 0 Å². The molecule has 0 aromatic heterocycles. The summed E-state index contributed by atoms with van der Waals surface area (Å²) in [6.07, 6.45) is 0.408. The first-order chi connectivity index (χ1) is 8.50. The van der Waals surface area contributed by atoms with Crippen molar-refractivity contribution >= 4 is 11.9 Å². The number of hydrogen-bond acceptors (Lipinski definition) is 2. The van der Waals surface area contributed by atoms with Gasteiger partial charge in [0.1, 0.15) is 5.82 Å². The maximum absolute atomic E-state index is 13.0. The maximum atomic E-state index is 13.0. The molecule has 5 heteroatoms. The van der Waals surface area contributed by atoms with Crippen LogP contribution in [0.1, 0.15) is 31.2 Å². The molecule has 0 bridgehead atoms. The zero-order valence-corrected chi connectivity index (χ0v) is 10.1. The minimum Gasteiger partial charge on any atom is -0.481 e. The average Bonchev–Trinajstić information content (AvgIpc) is 2.33. The van der Waals surface area contributed by atoms with Crippen LogP contribution in [0.3, 0.4) is 0 Å². The Morgan fingerprint density at radius 2 is 2.17 bits per heavy atom. The lowest BCUT2D eigenvalue weighted by Crippen LogP contribution is -2.29. The lowest BCUT2D eigenvalue weighted by Gasteiger charge is -2.12. The van der Waals surface area contributed by atoms with Crippen LogP contribution >= 0.6 is 0 Å². The van der Waals surface area contributed by atoms with Gasteiger partial charge in [0.15, 0.2) is 0 Å². The molecule has 4 nitrogen and oxygen atoms in total. The van der Waals surface area contributed by atoms with Crippen molar-refractivity contribution in [1.29, 1.82) is 0 Å². The van der Waals surface area contributed by atoms with Gasteiger partial charge in [-0.2, -0.15) is 0 Å². The van der Waals surface area contributed by atoms with E-state index in [4.69, 9.17) is 5.11 Å². The van der Waals surface area contributed by atoms with Crippen LogP contribution in [0.5, 0.6) is 0 Å². The van der Waals surface area contributed by atoms with Crippen LogP contribution in [-0.2, 0) is 9.59 Å². The third-order valence-electron chi connectivity index (χ3n) is 2.61. The van der Waals surface area contributed by atoms with Crippen LogP contribution < -0.4 is 5.32 Å². The first-order valence-corrected chi connectivity index (χ1v) is 5.75. The number of halogens is 1. The highest BCUT2D eigenvalue weighted by Crippen LogP contribution is 2.16. The molecule has 98 valence electrons.